The SMILES string of the molecule is CNCc1c(C)cc(C)nc1N(C)Cc1cccc(Cl)c1. The van der Waals surface area contributed by atoms with Gasteiger partial charge in [0.25, 0.3) is 0 Å². The van der Waals surface area contributed by atoms with Gasteiger partial charge < -0.3 is 10.2 Å². The zero-order chi connectivity index (χ0) is 15.4. The second kappa shape index (κ2) is 6.92. The van der Waals surface area contributed by atoms with E-state index in [-0.39, 0.29) is 0 Å². The normalized spacial score (nSPS) is 10.7. The van der Waals surface area contributed by atoms with Crippen molar-refractivity contribution in [1.29, 1.82) is 0 Å². The molecule has 0 aliphatic heterocycles. The molecule has 0 bridgehead atoms. The summed E-state index contributed by atoms with van der Waals surface area (Å²) < 4.78 is 0. The highest BCUT2D eigenvalue weighted by atomic mass is 35.5. The number of anilines is 1. The van der Waals surface area contributed by atoms with Gasteiger partial charge in [-0.2, -0.15) is 0 Å². The molecule has 0 aliphatic rings. The molecule has 0 atom stereocenters. The fourth-order valence-corrected chi connectivity index (χ4v) is 2.75. The number of pyridine rings is 1. The van der Waals surface area contributed by atoms with E-state index in [4.69, 9.17) is 16.6 Å². The molecule has 1 aromatic carbocycles. The van der Waals surface area contributed by atoms with Crippen LogP contribution in [0.15, 0.2) is 30.3 Å². The van der Waals surface area contributed by atoms with Gasteiger partial charge in [-0.1, -0.05) is 23.7 Å². The Morgan fingerprint density at radius 1 is 1.24 bits per heavy atom. The molecule has 1 N–H and O–H groups in total. The Balaban J connectivity index is 2.31. The molecule has 1 aromatic heterocycles. The first-order chi connectivity index (χ1) is 10.0. The number of aromatic nitrogens is 1. The monoisotopic (exact) mass is 303 g/mol. The van der Waals surface area contributed by atoms with Crippen molar-refractivity contribution in [3.05, 3.63) is 57.7 Å². The van der Waals surface area contributed by atoms with Crippen molar-refractivity contribution >= 4 is 17.4 Å². The van der Waals surface area contributed by atoms with Crippen LogP contribution in [0.3, 0.4) is 0 Å². The lowest BCUT2D eigenvalue weighted by atomic mass is 10.1. The molecule has 0 saturated heterocycles. The largest absolute Gasteiger partial charge is 0.355 e. The second-order valence-corrected chi connectivity index (χ2v) is 5.84. The first kappa shape index (κ1) is 15.8. The molecule has 0 aliphatic carbocycles. The average molecular weight is 304 g/mol. The van der Waals surface area contributed by atoms with Crippen LogP contribution in [0.1, 0.15) is 22.4 Å². The van der Waals surface area contributed by atoms with Crippen molar-refractivity contribution in [3.63, 3.8) is 0 Å². The van der Waals surface area contributed by atoms with E-state index in [1.807, 2.05) is 32.2 Å². The topological polar surface area (TPSA) is 28.2 Å². The van der Waals surface area contributed by atoms with Gasteiger partial charge in [-0.05, 0) is 50.2 Å². The van der Waals surface area contributed by atoms with Gasteiger partial charge in [0, 0.05) is 36.4 Å². The molecule has 0 fully saturated rings. The van der Waals surface area contributed by atoms with Gasteiger partial charge in [0.15, 0.2) is 0 Å². The number of benzene rings is 1. The minimum absolute atomic E-state index is 0.768. The molecule has 2 rings (SSSR count). The van der Waals surface area contributed by atoms with E-state index in [1.54, 1.807) is 0 Å². The van der Waals surface area contributed by atoms with Crippen molar-refractivity contribution in [3.8, 4) is 0 Å². The third-order valence-electron chi connectivity index (χ3n) is 3.48. The Bertz CT molecular complexity index is 625. The third kappa shape index (κ3) is 3.96. The van der Waals surface area contributed by atoms with Crippen LogP contribution >= 0.6 is 11.6 Å². The van der Waals surface area contributed by atoms with E-state index in [2.05, 4.69) is 36.3 Å². The molecule has 0 amide bonds. The quantitative estimate of drug-likeness (QED) is 0.912. The molecule has 2 aromatic rings. The van der Waals surface area contributed by atoms with Crippen LogP contribution in [0.25, 0.3) is 0 Å². The fraction of sp³-hybridized carbons (Fsp3) is 0.353. The molecular weight excluding hydrogens is 282 g/mol. The lowest BCUT2D eigenvalue weighted by molar-refractivity contribution is 0.786. The minimum atomic E-state index is 0.768. The molecule has 0 saturated carbocycles. The smallest absolute Gasteiger partial charge is 0.133 e. The van der Waals surface area contributed by atoms with Crippen LogP contribution in [-0.2, 0) is 13.1 Å². The summed E-state index contributed by atoms with van der Waals surface area (Å²) in [5.41, 5.74) is 4.74. The van der Waals surface area contributed by atoms with Crippen LogP contribution in [0, 0.1) is 13.8 Å². The van der Waals surface area contributed by atoms with Crippen LogP contribution in [0.5, 0.6) is 0 Å². The van der Waals surface area contributed by atoms with Gasteiger partial charge in [-0.15, -0.1) is 0 Å². The Labute approximate surface area is 132 Å². The summed E-state index contributed by atoms with van der Waals surface area (Å²) in [5.74, 6) is 1.03. The maximum Gasteiger partial charge on any atom is 0.133 e. The lowest BCUT2D eigenvalue weighted by Gasteiger charge is -2.23. The van der Waals surface area contributed by atoms with E-state index in [9.17, 15) is 0 Å². The zero-order valence-corrected chi connectivity index (χ0v) is 13.8. The summed E-state index contributed by atoms with van der Waals surface area (Å²) >= 11 is 6.06. The summed E-state index contributed by atoms with van der Waals surface area (Å²) in [6.07, 6.45) is 0. The van der Waals surface area contributed by atoms with Gasteiger partial charge in [0.05, 0.1) is 0 Å². The van der Waals surface area contributed by atoms with Crippen molar-refractivity contribution in [1.82, 2.24) is 10.3 Å². The van der Waals surface area contributed by atoms with Crippen LogP contribution in [0.4, 0.5) is 5.82 Å². The van der Waals surface area contributed by atoms with E-state index < -0.39 is 0 Å². The van der Waals surface area contributed by atoms with Crippen LogP contribution in [-0.4, -0.2) is 19.1 Å². The number of rotatable bonds is 5. The maximum absolute atomic E-state index is 6.06. The molecule has 0 spiro atoms. The fourth-order valence-electron chi connectivity index (χ4n) is 2.54. The number of halogens is 1. The van der Waals surface area contributed by atoms with Gasteiger partial charge in [-0.3, -0.25) is 0 Å². The lowest BCUT2D eigenvalue weighted by Crippen LogP contribution is -2.22. The first-order valence-electron chi connectivity index (χ1n) is 7.08. The summed E-state index contributed by atoms with van der Waals surface area (Å²) in [6.45, 7) is 5.77. The molecule has 0 unspecified atom stereocenters. The molecular formula is C17H22ClN3. The van der Waals surface area contributed by atoms with Gasteiger partial charge in [-0.25, -0.2) is 4.98 Å². The number of hydrogen-bond donors (Lipinski definition) is 1. The highest BCUT2D eigenvalue weighted by molar-refractivity contribution is 6.30. The predicted molar refractivity (Wildman–Crippen MR) is 90.0 cm³/mol. The maximum atomic E-state index is 6.06. The van der Waals surface area contributed by atoms with Crippen LogP contribution in [0.2, 0.25) is 5.02 Å². The predicted octanol–water partition coefficient (Wildman–Crippen LogP) is 3.71. The molecule has 0 radical (unpaired) electrons. The summed E-state index contributed by atoms with van der Waals surface area (Å²) in [7, 11) is 4.03. The zero-order valence-electron chi connectivity index (χ0n) is 13.1. The summed E-state index contributed by atoms with van der Waals surface area (Å²) in [4.78, 5) is 6.90. The van der Waals surface area contributed by atoms with Gasteiger partial charge >= 0.3 is 0 Å². The Morgan fingerprint density at radius 2 is 2.00 bits per heavy atom. The molecule has 1 heterocycles. The molecule has 4 heteroatoms. The Morgan fingerprint density at radius 3 is 2.67 bits per heavy atom. The van der Waals surface area contributed by atoms with Crippen molar-refractivity contribution in [2.24, 2.45) is 0 Å². The number of nitrogens with one attached hydrogen (secondary N) is 1. The van der Waals surface area contributed by atoms with Crippen molar-refractivity contribution in [2.75, 3.05) is 19.0 Å². The van der Waals surface area contributed by atoms with E-state index >= 15 is 0 Å². The minimum Gasteiger partial charge on any atom is -0.355 e. The van der Waals surface area contributed by atoms with Gasteiger partial charge in [0.1, 0.15) is 5.82 Å². The molecule has 3 nitrogen and oxygen atoms in total. The van der Waals surface area contributed by atoms with Crippen molar-refractivity contribution < 1.29 is 0 Å². The van der Waals surface area contributed by atoms with E-state index in [0.29, 0.717) is 0 Å². The summed E-state index contributed by atoms with van der Waals surface area (Å²) in [6, 6.07) is 10.1. The number of hydrogen-bond acceptors (Lipinski definition) is 3. The van der Waals surface area contributed by atoms with E-state index in [1.165, 1.54) is 16.7 Å². The number of nitrogens with zero attached hydrogens (tertiary/aromatic N) is 2. The molecule has 21 heavy (non-hydrogen) atoms. The van der Waals surface area contributed by atoms with E-state index in [0.717, 1.165) is 29.6 Å². The average Bonchev–Trinajstić information content (AvgIpc) is 2.41. The number of aryl methyl sites for hydroxylation is 2. The summed E-state index contributed by atoms with van der Waals surface area (Å²) in [5, 5.41) is 3.99. The highest BCUT2D eigenvalue weighted by Crippen LogP contribution is 2.23. The standard InChI is InChI=1S/C17H22ClN3/c1-12-8-13(2)20-17(16(12)10-19-3)21(4)11-14-6-5-7-15(18)9-14/h5-9,19H,10-11H2,1-4H3. The van der Waals surface area contributed by atoms with Crippen LogP contribution < -0.4 is 10.2 Å². The van der Waals surface area contributed by atoms with Crippen molar-refractivity contribution in [2.45, 2.75) is 26.9 Å². The highest BCUT2D eigenvalue weighted by Gasteiger charge is 2.13. The van der Waals surface area contributed by atoms with Gasteiger partial charge in [0.2, 0.25) is 0 Å². The first-order valence-corrected chi connectivity index (χ1v) is 7.46. The Kier molecular flexibility index (Phi) is 5.21. The molecule has 112 valence electrons. The Hall–Kier alpha value is -1.58. The third-order valence-corrected chi connectivity index (χ3v) is 3.71. The second-order valence-electron chi connectivity index (χ2n) is 5.40.